The van der Waals surface area contributed by atoms with E-state index in [9.17, 15) is 4.79 Å². The number of piperidine rings is 1. The predicted molar refractivity (Wildman–Crippen MR) is 108 cm³/mol. The van der Waals surface area contributed by atoms with Crippen LogP contribution in [0.15, 0.2) is 30.3 Å². The summed E-state index contributed by atoms with van der Waals surface area (Å²) < 4.78 is 5.52. The number of likely N-dealkylation sites (tertiary alicyclic amines) is 1. The highest BCUT2D eigenvalue weighted by Gasteiger charge is 2.36. The molecule has 3 aliphatic rings. The molecule has 1 amide bonds. The molecule has 2 aliphatic heterocycles. The average Bonchev–Trinajstić information content (AvgIpc) is 3.26. The van der Waals surface area contributed by atoms with E-state index in [1.165, 1.54) is 44.2 Å². The van der Waals surface area contributed by atoms with Crippen molar-refractivity contribution in [2.75, 3.05) is 26.2 Å². The van der Waals surface area contributed by atoms with E-state index in [-0.39, 0.29) is 12.0 Å². The molecule has 1 saturated carbocycles. The lowest BCUT2D eigenvalue weighted by Gasteiger charge is -2.44. The van der Waals surface area contributed by atoms with Crippen LogP contribution in [0, 0.1) is 0 Å². The molecule has 1 atom stereocenters. The standard InChI is InChI=1S/C23H34N2O2/c26-22(21-10-7-17-27-21)24-20-11-15-25(16-12-20)18-23(13-5-2-6-14-23)19-8-3-1-4-9-19/h1,3-4,8-9,20-21H,2,5-7,10-18H2,(H,24,26). The lowest BCUT2D eigenvalue weighted by Crippen LogP contribution is -2.50. The highest BCUT2D eigenvalue weighted by molar-refractivity contribution is 5.81. The van der Waals surface area contributed by atoms with Gasteiger partial charge in [0.05, 0.1) is 0 Å². The van der Waals surface area contributed by atoms with Gasteiger partial charge in [0.25, 0.3) is 0 Å². The van der Waals surface area contributed by atoms with Gasteiger partial charge < -0.3 is 15.0 Å². The first kappa shape index (κ1) is 18.9. The molecule has 3 fully saturated rings. The number of nitrogens with zero attached hydrogens (tertiary/aromatic N) is 1. The Hall–Kier alpha value is -1.39. The second-order valence-corrected chi connectivity index (χ2v) is 8.77. The zero-order valence-electron chi connectivity index (χ0n) is 16.5. The van der Waals surface area contributed by atoms with Crippen LogP contribution < -0.4 is 5.32 Å². The molecule has 1 aromatic rings. The Balaban J connectivity index is 1.32. The molecule has 148 valence electrons. The highest BCUT2D eigenvalue weighted by atomic mass is 16.5. The zero-order valence-corrected chi connectivity index (χ0v) is 16.5. The molecular formula is C23H34N2O2. The van der Waals surface area contributed by atoms with E-state index in [0.717, 1.165) is 45.4 Å². The van der Waals surface area contributed by atoms with Gasteiger partial charge in [0.15, 0.2) is 0 Å². The third-order valence-corrected chi connectivity index (χ3v) is 6.88. The van der Waals surface area contributed by atoms with E-state index in [2.05, 4.69) is 40.5 Å². The Kier molecular flexibility index (Phi) is 6.14. The molecule has 0 spiro atoms. The summed E-state index contributed by atoms with van der Waals surface area (Å²) in [4.78, 5) is 14.9. The maximum atomic E-state index is 12.3. The summed E-state index contributed by atoms with van der Waals surface area (Å²) in [5.74, 6) is 0.110. The summed E-state index contributed by atoms with van der Waals surface area (Å²) in [5, 5.41) is 3.24. The van der Waals surface area contributed by atoms with Gasteiger partial charge >= 0.3 is 0 Å². The number of benzene rings is 1. The zero-order chi connectivity index (χ0) is 18.5. The van der Waals surface area contributed by atoms with E-state index in [4.69, 9.17) is 4.74 Å². The van der Waals surface area contributed by atoms with Gasteiger partial charge in [-0.05, 0) is 44.1 Å². The molecule has 2 heterocycles. The molecule has 1 aliphatic carbocycles. The monoisotopic (exact) mass is 370 g/mol. The van der Waals surface area contributed by atoms with Gasteiger partial charge in [-0.25, -0.2) is 0 Å². The Morgan fingerprint density at radius 2 is 1.78 bits per heavy atom. The molecule has 0 radical (unpaired) electrons. The van der Waals surface area contributed by atoms with Crippen LogP contribution in [-0.4, -0.2) is 49.2 Å². The fraction of sp³-hybridized carbons (Fsp3) is 0.696. The summed E-state index contributed by atoms with van der Waals surface area (Å²) in [7, 11) is 0. The normalized spacial score (nSPS) is 26.7. The van der Waals surface area contributed by atoms with E-state index in [0.29, 0.717) is 11.5 Å². The largest absolute Gasteiger partial charge is 0.368 e. The lowest BCUT2D eigenvalue weighted by atomic mass is 9.69. The number of hydrogen-bond donors (Lipinski definition) is 1. The maximum Gasteiger partial charge on any atom is 0.249 e. The molecule has 0 bridgehead atoms. The Bertz CT molecular complexity index is 598. The second kappa shape index (κ2) is 8.74. The third-order valence-electron chi connectivity index (χ3n) is 6.88. The van der Waals surface area contributed by atoms with Crippen LogP contribution in [0.3, 0.4) is 0 Å². The number of hydrogen-bond acceptors (Lipinski definition) is 3. The summed E-state index contributed by atoms with van der Waals surface area (Å²) in [5.41, 5.74) is 1.85. The topological polar surface area (TPSA) is 41.6 Å². The van der Waals surface area contributed by atoms with Crippen molar-refractivity contribution in [3.05, 3.63) is 35.9 Å². The number of rotatable bonds is 5. The van der Waals surface area contributed by atoms with Crippen molar-refractivity contribution >= 4 is 5.91 Å². The minimum atomic E-state index is -0.202. The number of ether oxygens (including phenoxy) is 1. The fourth-order valence-corrected chi connectivity index (χ4v) is 5.30. The molecule has 4 heteroatoms. The lowest BCUT2D eigenvalue weighted by molar-refractivity contribution is -0.131. The average molecular weight is 371 g/mol. The summed E-state index contributed by atoms with van der Waals surface area (Å²) in [6, 6.07) is 11.5. The second-order valence-electron chi connectivity index (χ2n) is 8.77. The van der Waals surface area contributed by atoms with Crippen LogP contribution >= 0.6 is 0 Å². The molecule has 0 aromatic heterocycles. The first-order valence-electron chi connectivity index (χ1n) is 11.0. The van der Waals surface area contributed by atoms with E-state index in [1.807, 2.05) is 0 Å². The van der Waals surface area contributed by atoms with Gasteiger partial charge in [0.2, 0.25) is 5.91 Å². The maximum absolute atomic E-state index is 12.3. The van der Waals surface area contributed by atoms with E-state index in [1.54, 1.807) is 0 Å². The predicted octanol–water partition coefficient (Wildman–Crippen LogP) is 3.65. The fourth-order valence-electron chi connectivity index (χ4n) is 5.30. The molecule has 1 N–H and O–H groups in total. The van der Waals surface area contributed by atoms with Crippen molar-refractivity contribution < 1.29 is 9.53 Å². The molecular weight excluding hydrogens is 336 g/mol. The summed E-state index contributed by atoms with van der Waals surface area (Å²) in [6.45, 7) is 4.08. The molecule has 2 saturated heterocycles. The molecule has 4 rings (SSSR count). The van der Waals surface area contributed by atoms with E-state index < -0.39 is 0 Å². The van der Waals surface area contributed by atoms with Crippen LogP contribution in [-0.2, 0) is 14.9 Å². The van der Waals surface area contributed by atoms with Gasteiger partial charge in [-0.15, -0.1) is 0 Å². The van der Waals surface area contributed by atoms with E-state index >= 15 is 0 Å². The van der Waals surface area contributed by atoms with Crippen molar-refractivity contribution in [2.45, 2.75) is 75.3 Å². The minimum absolute atomic E-state index is 0.110. The third kappa shape index (κ3) is 4.55. The Morgan fingerprint density at radius 1 is 1.04 bits per heavy atom. The van der Waals surface area contributed by atoms with Crippen LogP contribution in [0.25, 0.3) is 0 Å². The molecule has 4 nitrogen and oxygen atoms in total. The van der Waals surface area contributed by atoms with Crippen molar-refractivity contribution in [1.29, 1.82) is 0 Å². The first-order valence-corrected chi connectivity index (χ1v) is 11.0. The Morgan fingerprint density at radius 3 is 2.44 bits per heavy atom. The van der Waals surface area contributed by atoms with Gasteiger partial charge in [-0.3, -0.25) is 4.79 Å². The van der Waals surface area contributed by atoms with Crippen LogP contribution in [0.1, 0.15) is 63.4 Å². The highest BCUT2D eigenvalue weighted by Crippen LogP contribution is 2.40. The van der Waals surface area contributed by atoms with Gasteiger partial charge in [-0.1, -0.05) is 49.6 Å². The summed E-state index contributed by atoms with van der Waals surface area (Å²) in [6.07, 6.45) is 10.5. The number of amides is 1. The van der Waals surface area contributed by atoms with Gasteiger partial charge in [0, 0.05) is 37.7 Å². The molecule has 1 unspecified atom stereocenters. The first-order chi connectivity index (χ1) is 13.3. The molecule has 1 aromatic carbocycles. The van der Waals surface area contributed by atoms with Crippen molar-refractivity contribution in [3.63, 3.8) is 0 Å². The summed E-state index contributed by atoms with van der Waals surface area (Å²) >= 11 is 0. The Labute approximate surface area is 163 Å². The SMILES string of the molecule is O=C(NC1CCN(CC2(c3ccccc3)CCCCC2)CC1)C1CCCO1. The number of carbonyl (C=O) groups is 1. The van der Waals surface area contributed by atoms with Gasteiger partial charge in [-0.2, -0.15) is 0 Å². The van der Waals surface area contributed by atoms with Crippen molar-refractivity contribution in [3.8, 4) is 0 Å². The van der Waals surface area contributed by atoms with Crippen LogP contribution in [0.4, 0.5) is 0 Å². The molecule has 27 heavy (non-hydrogen) atoms. The van der Waals surface area contributed by atoms with Crippen LogP contribution in [0.5, 0.6) is 0 Å². The van der Waals surface area contributed by atoms with Gasteiger partial charge in [0.1, 0.15) is 6.10 Å². The van der Waals surface area contributed by atoms with Crippen LogP contribution in [0.2, 0.25) is 0 Å². The van der Waals surface area contributed by atoms with Crippen molar-refractivity contribution in [1.82, 2.24) is 10.2 Å². The van der Waals surface area contributed by atoms with Crippen molar-refractivity contribution in [2.24, 2.45) is 0 Å². The smallest absolute Gasteiger partial charge is 0.249 e. The number of nitrogens with one attached hydrogen (secondary N) is 1. The number of carbonyl (C=O) groups excluding carboxylic acids is 1. The minimum Gasteiger partial charge on any atom is -0.368 e. The quantitative estimate of drug-likeness (QED) is 0.860.